The number of halogens is 1. The summed E-state index contributed by atoms with van der Waals surface area (Å²) in [5.41, 5.74) is 5.02. The Morgan fingerprint density at radius 1 is 0.789 bits per heavy atom. The van der Waals surface area contributed by atoms with Gasteiger partial charge < -0.3 is 10.2 Å². The van der Waals surface area contributed by atoms with Crippen LogP contribution in [-0.2, 0) is 0 Å². The Morgan fingerprint density at radius 2 is 1.37 bits per heavy atom. The smallest absolute Gasteiger partial charge is 0.127 e. The summed E-state index contributed by atoms with van der Waals surface area (Å²) in [5.74, 6) is 0.262. The average molecular weight is 277 g/mol. The van der Waals surface area contributed by atoms with Gasteiger partial charge >= 0.3 is 0 Å². The zero-order valence-electron chi connectivity index (χ0n) is 11.5. The molecule has 100 valence electrons. The van der Waals surface area contributed by atoms with Crippen molar-refractivity contribution in [2.24, 2.45) is 0 Å². The van der Waals surface area contributed by atoms with Crippen molar-refractivity contribution in [3.63, 3.8) is 0 Å². The minimum absolute atomic E-state index is 0.0774. The number of aromatic hydroxyl groups is 2. The van der Waals surface area contributed by atoms with E-state index in [1.807, 2.05) is 27.7 Å². The third kappa shape index (κ3) is 2.06. The van der Waals surface area contributed by atoms with E-state index in [2.05, 4.69) is 0 Å². The molecule has 0 spiro atoms. The topological polar surface area (TPSA) is 40.5 Å². The molecule has 0 heterocycles. The molecule has 0 radical (unpaired) electrons. The van der Waals surface area contributed by atoms with E-state index in [0.717, 1.165) is 22.3 Å². The van der Waals surface area contributed by atoms with E-state index in [9.17, 15) is 10.2 Å². The molecule has 0 fully saturated rings. The Morgan fingerprint density at radius 3 is 1.95 bits per heavy atom. The third-order valence-electron chi connectivity index (χ3n) is 3.90. The normalized spacial score (nSPS) is 10.8. The van der Waals surface area contributed by atoms with Crippen LogP contribution in [0.15, 0.2) is 18.2 Å². The Balaban J connectivity index is 2.92. The van der Waals surface area contributed by atoms with Gasteiger partial charge in [0.25, 0.3) is 0 Å². The minimum Gasteiger partial charge on any atom is -0.507 e. The fourth-order valence-electron chi connectivity index (χ4n) is 2.36. The molecule has 0 saturated heterocycles. The zero-order valence-corrected chi connectivity index (χ0v) is 12.3. The highest BCUT2D eigenvalue weighted by Crippen LogP contribution is 2.45. The molecule has 2 rings (SSSR count). The minimum atomic E-state index is 0.0774. The van der Waals surface area contributed by atoms with Gasteiger partial charge in [-0.25, -0.2) is 0 Å². The third-order valence-corrected chi connectivity index (χ3v) is 4.21. The van der Waals surface area contributed by atoms with Crippen molar-refractivity contribution in [2.75, 3.05) is 0 Å². The number of rotatable bonds is 1. The van der Waals surface area contributed by atoms with Crippen molar-refractivity contribution >= 4 is 11.6 Å². The maximum Gasteiger partial charge on any atom is 0.127 e. The SMILES string of the molecule is Cc1c(C)c(C)c(-c2c(O)cccc2Cl)c(O)c1C. The molecular weight excluding hydrogens is 260 g/mol. The summed E-state index contributed by atoms with van der Waals surface area (Å²) in [6, 6.07) is 4.96. The van der Waals surface area contributed by atoms with Gasteiger partial charge in [-0.15, -0.1) is 0 Å². The monoisotopic (exact) mass is 276 g/mol. The van der Waals surface area contributed by atoms with Crippen LogP contribution in [0.1, 0.15) is 22.3 Å². The fraction of sp³-hybridized carbons (Fsp3) is 0.250. The fourth-order valence-corrected chi connectivity index (χ4v) is 2.62. The van der Waals surface area contributed by atoms with Crippen LogP contribution in [-0.4, -0.2) is 10.2 Å². The van der Waals surface area contributed by atoms with Crippen LogP contribution in [0.25, 0.3) is 11.1 Å². The van der Waals surface area contributed by atoms with Gasteiger partial charge in [0, 0.05) is 11.1 Å². The molecule has 2 aromatic rings. The van der Waals surface area contributed by atoms with Gasteiger partial charge in [-0.3, -0.25) is 0 Å². The lowest BCUT2D eigenvalue weighted by atomic mass is 9.89. The second-order valence-corrected chi connectivity index (χ2v) is 5.26. The van der Waals surface area contributed by atoms with Crippen LogP contribution in [0.5, 0.6) is 11.5 Å². The van der Waals surface area contributed by atoms with E-state index in [1.54, 1.807) is 18.2 Å². The molecule has 2 aromatic carbocycles. The van der Waals surface area contributed by atoms with Crippen molar-refractivity contribution in [3.8, 4) is 22.6 Å². The second kappa shape index (κ2) is 4.78. The summed E-state index contributed by atoms with van der Waals surface area (Å²) in [7, 11) is 0. The van der Waals surface area contributed by atoms with Gasteiger partial charge in [0.1, 0.15) is 11.5 Å². The molecule has 0 aliphatic carbocycles. The molecule has 0 aliphatic heterocycles. The number of phenolic OH excluding ortho intramolecular Hbond substituents is 2. The molecule has 2 nitrogen and oxygen atoms in total. The second-order valence-electron chi connectivity index (χ2n) is 4.86. The maximum absolute atomic E-state index is 10.4. The van der Waals surface area contributed by atoms with Gasteiger partial charge in [0.15, 0.2) is 0 Å². The molecule has 3 heteroatoms. The molecule has 0 unspecified atom stereocenters. The number of benzene rings is 2. The Hall–Kier alpha value is -1.67. The van der Waals surface area contributed by atoms with Gasteiger partial charge in [-0.1, -0.05) is 17.7 Å². The molecule has 0 amide bonds. The van der Waals surface area contributed by atoms with E-state index in [-0.39, 0.29) is 11.5 Å². The summed E-state index contributed by atoms with van der Waals surface area (Å²) < 4.78 is 0. The predicted octanol–water partition coefficient (Wildman–Crippen LogP) is 4.65. The summed E-state index contributed by atoms with van der Waals surface area (Å²) in [4.78, 5) is 0. The van der Waals surface area contributed by atoms with Crippen molar-refractivity contribution < 1.29 is 10.2 Å². The van der Waals surface area contributed by atoms with E-state index < -0.39 is 0 Å². The van der Waals surface area contributed by atoms with Gasteiger partial charge in [-0.2, -0.15) is 0 Å². The molecular formula is C16H17ClO2. The number of hydrogen-bond acceptors (Lipinski definition) is 2. The largest absolute Gasteiger partial charge is 0.507 e. The molecule has 0 aromatic heterocycles. The van der Waals surface area contributed by atoms with Crippen molar-refractivity contribution in [2.45, 2.75) is 27.7 Å². The lowest BCUT2D eigenvalue weighted by molar-refractivity contribution is 0.466. The first-order valence-corrected chi connectivity index (χ1v) is 6.51. The zero-order chi connectivity index (χ0) is 14.3. The highest BCUT2D eigenvalue weighted by atomic mass is 35.5. The molecule has 0 atom stereocenters. The Bertz CT molecular complexity index is 611. The highest BCUT2D eigenvalue weighted by molar-refractivity contribution is 6.33. The van der Waals surface area contributed by atoms with Crippen LogP contribution in [0.2, 0.25) is 5.02 Å². The lowest BCUT2D eigenvalue weighted by Gasteiger charge is -2.18. The Kier molecular flexibility index (Phi) is 3.46. The van der Waals surface area contributed by atoms with Crippen LogP contribution in [0.3, 0.4) is 0 Å². The molecule has 19 heavy (non-hydrogen) atoms. The van der Waals surface area contributed by atoms with E-state index in [1.165, 1.54) is 0 Å². The molecule has 2 N–H and O–H groups in total. The van der Waals surface area contributed by atoms with Gasteiger partial charge in [0.2, 0.25) is 0 Å². The lowest BCUT2D eigenvalue weighted by Crippen LogP contribution is -1.97. The summed E-state index contributed by atoms with van der Waals surface area (Å²) in [6.45, 7) is 7.79. The molecule has 0 saturated carbocycles. The van der Waals surface area contributed by atoms with Crippen LogP contribution in [0, 0.1) is 27.7 Å². The standard InChI is InChI=1S/C16H17ClO2/c1-8-9(2)11(4)16(19)14(10(8)3)15-12(17)6-5-7-13(15)18/h5-7,18-19H,1-4H3. The number of phenols is 2. The van der Waals surface area contributed by atoms with Crippen molar-refractivity contribution in [1.82, 2.24) is 0 Å². The summed E-state index contributed by atoms with van der Waals surface area (Å²) in [6.07, 6.45) is 0. The summed E-state index contributed by atoms with van der Waals surface area (Å²) in [5, 5.41) is 20.9. The van der Waals surface area contributed by atoms with Gasteiger partial charge in [-0.05, 0) is 62.1 Å². The predicted molar refractivity (Wildman–Crippen MR) is 79.2 cm³/mol. The van der Waals surface area contributed by atoms with Crippen LogP contribution in [0.4, 0.5) is 0 Å². The van der Waals surface area contributed by atoms with Crippen molar-refractivity contribution in [1.29, 1.82) is 0 Å². The first-order valence-electron chi connectivity index (χ1n) is 6.13. The maximum atomic E-state index is 10.4. The number of hydrogen-bond donors (Lipinski definition) is 2. The van der Waals surface area contributed by atoms with Gasteiger partial charge in [0.05, 0.1) is 5.02 Å². The Labute approximate surface area is 118 Å². The summed E-state index contributed by atoms with van der Waals surface area (Å²) >= 11 is 6.18. The first kappa shape index (κ1) is 13.8. The van der Waals surface area contributed by atoms with E-state index in [0.29, 0.717) is 16.1 Å². The average Bonchev–Trinajstić information content (AvgIpc) is 2.37. The van der Waals surface area contributed by atoms with E-state index in [4.69, 9.17) is 11.6 Å². The highest BCUT2D eigenvalue weighted by Gasteiger charge is 2.20. The van der Waals surface area contributed by atoms with Crippen molar-refractivity contribution in [3.05, 3.63) is 45.5 Å². The first-order chi connectivity index (χ1) is 8.86. The van der Waals surface area contributed by atoms with E-state index >= 15 is 0 Å². The molecule has 0 aliphatic rings. The van der Waals surface area contributed by atoms with Crippen LogP contribution < -0.4 is 0 Å². The quantitative estimate of drug-likeness (QED) is 0.796. The molecule has 0 bridgehead atoms. The van der Waals surface area contributed by atoms with Crippen LogP contribution >= 0.6 is 11.6 Å².